The second kappa shape index (κ2) is 8.65. The van der Waals surface area contributed by atoms with Crippen molar-refractivity contribution in [1.29, 1.82) is 0 Å². The summed E-state index contributed by atoms with van der Waals surface area (Å²) in [5.74, 6) is -0.314. The van der Waals surface area contributed by atoms with Gasteiger partial charge in [-0.15, -0.1) is 0 Å². The lowest BCUT2D eigenvalue weighted by Crippen LogP contribution is -2.13. The van der Waals surface area contributed by atoms with E-state index in [1.165, 1.54) is 50.6 Å². The van der Waals surface area contributed by atoms with Crippen LogP contribution in [0.4, 0.5) is 11.4 Å². The van der Waals surface area contributed by atoms with E-state index in [1.807, 2.05) is 0 Å². The summed E-state index contributed by atoms with van der Waals surface area (Å²) in [4.78, 5) is 34.3. The van der Waals surface area contributed by atoms with Crippen LogP contribution >= 0.6 is 0 Å². The largest absolute Gasteiger partial charge is 0.495 e. The highest BCUT2D eigenvalue weighted by Crippen LogP contribution is 2.31. The number of nitro benzene ring substituents is 1. The average molecular weight is 374 g/mol. The second-order valence-corrected chi connectivity index (χ2v) is 5.29. The molecule has 0 aliphatic carbocycles. The molecule has 0 atom stereocenters. The number of ether oxygens (including phenoxy) is 3. The van der Waals surface area contributed by atoms with E-state index in [1.54, 1.807) is 6.92 Å². The molecule has 0 saturated heterocycles. The number of carbonyl (C=O) groups is 2. The number of benzene rings is 2. The summed E-state index contributed by atoms with van der Waals surface area (Å²) in [5, 5.41) is 13.5. The summed E-state index contributed by atoms with van der Waals surface area (Å²) in [7, 11) is 2.76. The van der Waals surface area contributed by atoms with Crippen molar-refractivity contribution in [3.63, 3.8) is 0 Å². The van der Waals surface area contributed by atoms with Crippen LogP contribution in [0.2, 0.25) is 0 Å². The predicted molar refractivity (Wildman–Crippen MR) is 96.5 cm³/mol. The first-order chi connectivity index (χ1) is 12.9. The SMILES string of the molecule is CCC(=O)Oc1ccc(C(=O)Nc2cc([N+](=O)[O-])ccc2OC)cc1OC. The van der Waals surface area contributed by atoms with Gasteiger partial charge in [0.1, 0.15) is 5.75 Å². The van der Waals surface area contributed by atoms with E-state index in [0.717, 1.165) is 0 Å². The lowest BCUT2D eigenvalue weighted by molar-refractivity contribution is -0.384. The summed E-state index contributed by atoms with van der Waals surface area (Å²) in [6.07, 6.45) is 0.192. The molecule has 0 spiro atoms. The quantitative estimate of drug-likeness (QED) is 0.342. The Morgan fingerprint density at radius 3 is 2.30 bits per heavy atom. The third-order valence-corrected chi connectivity index (χ3v) is 3.58. The Hall–Kier alpha value is -3.62. The molecule has 142 valence electrons. The lowest BCUT2D eigenvalue weighted by Gasteiger charge is -2.12. The fourth-order valence-corrected chi connectivity index (χ4v) is 2.19. The average Bonchev–Trinajstić information content (AvgIpc) is 2.67. The van der Waals surface area contributed by atoms with E-state index in [-0.39, 0.29) is 40.6 Å². The van der Waals surface area contributed by atoms with Crippen molar-refractivity contribution in [3.8, 4) is 17.2 Å². The Kier molecular flexibility index (Phi) is 6.32. The van der Waals surface area contributed by atoms with Crippen LogP contribution in [0, 0.1) is 10.1 Å². The first kappa shape index (κ1) is 19.7. The van der Waals surface area contributed by atoms with Crippen molar-refractivity contribution in [2.24, 2.45) is 0 Å². The van der Waals surface area contributed by atoms with Crippen molar-refractivity contribution in [2.45, 2.75) is 13.3 Å². The number of rotatable bonds is 7. The summed E-state index contributed by atoms with van der Waals surface area (Å²) < 4.78 is 15.4. The van der Waals surface area contributed by atoms with E-state index in [0.29, 0.717) is 0 Å². The van der Waals surface area contributed by atoms with Crippen molar-refractivity contribution >= 4 is 23.3 Å². The van der Waals surface area contributed by atoms with Crippen LogP contribution in [0.25, 0.3) is 0 Å². The van der Waals surface area contributed by atoms with Gasteiger partial charge in [0.25, 0.3) is 11.6 Å². The van der Waals surface area contributed by atoms with Gasteiger partial charge >= 0.3 is 5.97 Å². The molecule has 27 heavy (non-hydrogen) atoms. The number of carbonyl (C=O) groups excluding carboxylic acids is 2. The van der Waals surface area contributed by atoms with E-state index in [2.05, 4.69) is 5.32 Å². The van der Waals surface area contributed by atoms with Crippen LogP contribution in [0.3, 0.4) is 0 Å². The van der Waals surface area contributed by atoms with Gasteiger partial charge in [0.15, 0.2) is 11.5 Å². The Bertz CT molecular complexity index is 880. The molecular weight excluding hydrogens is 356 g/mol. The summed E-state index contributed by atoms with van der Waals surface area (Å²) in [6.45, 7) is 1.66. The summed E-state index contributed by atoms with van der Waals surface area (Å²) in [5.41, 5.74) is 0.166. The minimum absolute atomic E-state index is 0.150. The standard InChI is InChI=1S/C18H18N2O7/c1-4-17(21)27-15-7-5-11(9-16(15)26-3)18(22)19-13-10-12(20(23)24)6-8-14(13)25-2/h5-10H,4H2,1-3H3,(H,19,22). The van der Waals surface area contributed by atoms with Crippen LogP contribution in [0.15, 0.2) is 36.4 Å². The van der Waals surface area contributed by atoms with Gasteiger partial charge in [-0.25, -0.2) is 0 Å². The number of nitrogens with zero attached hydrogens (tertiary/aromatic N) is 1. The van der Waals surface area contributed by atoms with Crippen LogP contribution in [-0.2, 0) is 4.79 Å². The molecule has 2 aromatic carbocycles. The van der Waals surface area contributed by atoms with E-state index in [9.17, 15) is 19.7 Å². The number of anilines is 1. The molecule has 9 heteroatoms. The number of esters is 1. The summed E-state index contributed by atoms with van der Waals surface area (Å²) >= 11 is 0. The molecule has 0 heterocycles. The van der Waals surface area contributed by atoms with E-state index < -0.39 is 16.8 Å². The minimum Gasteiger partial charge on any atom is -0.495 e. The minimum atomic E-state index is -0.574. The van der Waals surface area contributed by atoms with Gasteiger partial charge < -0.3 is 19.5 Å². The maximum atomic E-state index is 12.5. The van der Waals surface area contributed by atoms with Gasteiger partial charge in [-0.1, -0.05) is 6.92 Å². The fraction of sp³-hybridized carbons (Fsp3) is 0.222. The molecule has 0 aromatic heterocycles. The Morgan fingerprint density at radius 2 is 1.70 bits per heavy atom. The Balaban J connectivity index is 2.29. The van der Waals surface area contributed by atoms with Crippen LogP contribution in [0.1, 0.15) is 23.7 Å². The van der Waals surface area contributed by atoms with Gasteiger partial charge in [-0.3, -0.25) is 19.7 Å². The van der Waals surface area contributed by atoms with Crippen molar-refractivity contribution in [1.82, 2.24) is 0 Å². The maximum absolute atomic E-state index is 12.5. The molecule has 0 aliphatic rings. The zero-order valence-electron chi connectivity index (χ0n) is 15.0. The van der Waals surface area contributed by atoms with Crippen molar-refractivity contribution in [2.75, 3.05) is 19.5 Å². The number of non-ortho nitro benzene ring substituents is 1. The van der Waals surface area contributed by atoms with Crippen LogP contribution < -0.4 is 19.5 Å². The number of nitrogens with one attached hydrogen (secondary N) is 1. The Labute approximate surface area is 155 Å². The smallest absolute Gasteiger partial charge is 0.311 e. The zero-order chi connectivity index (χ0) is 20.0. The highest BCUT2D eigenvalue weighted by molar-refractivity contribution is 6.05. The van der Waals surface area contributed by atoms with Gasteiger partial charge in [0.2, 0.25) is 0 Å². The molecule has 1 amide bonds. The van der Waals surface area contributed by atoms with Gasteiger partial charge in [-0.2, -0.15) is 0 Å². The molecule has 0 unspecified atom stereocenters. The van der Waals surface area contributed by atoms with E-state index >= 15 is 0 Å². The van der Waals surface area contributed by atoms with Gasteiger partial charge in [-0.05, 0) is 24.3 Å². The van der Waals surface area contributed by atoms with E-state index in [4.69, 9.17) is 14.2 Å². The molecule has 2 rings (SSSR count). The normalized spacial score (nSPS) is 10.0. The first-order valence-electron chi connectivity index (χ1n) is 7.92. The maximum Gasteiger partial charge on any atom is 0.311 e. The first-order valence-corrected chi connectivity index (χ1v) is 7.92. The topological polar surface area (TPSA) is 117 Å². The summed E-state index contributed by atoms with van der Waals surface area (Å²) in [6, 6.07) is 8.14. The third-order valence-electron chi connectivity index (χ3n) is 3.58. The van der Waals surface area contributed by atoms with Crippen LogP contribution in [-0.4, -0.2) is 31.0 Å². The number of nitro groups is 1. The predicted octanol–water partition coefficient (Wildman–Crippen LogP) is 3.18. The van der Waals surface area contributed by atoms with Gasteiger partial charge in [0, 0.05) is 24.1 Å². The highest BCUT2D eigenvalue weighted by Gasteiger charge is 2.17. The molecule has 0 fully saturated rings. The monoisotopic (exact) mass is 374 g/mol. The molecule has 2 aromatic rings. The number of hydrogen-bond acceptors (Lipinski definition) is 7. The third kappa shape index (κ3) is 4.72. The van der Waals surface area contributed by atoms with Gasteiger partial charge in [0.05, 0.1) is 24.8 Å². The zero-order valence-corrected chi connectivity index (χ0v) is 15.0. The number of hydrogen-bond donors (Lipinski definition) is 1. The number of amides is 1. The molecule has 0 aliphatic heterocycles. The van der Waals surface area contributed by atoms with Crippen LogP contribution in [0.5, 0.6) is 17.2 Å². The molecule has 1 N–H and O–H groups in total. The highest BCUT2D eigenvalue weighted by atomic mass is 16.6. The number of methoxy groups -OCH3 is 2. The molecule has 0 saturated carbocycles. The lowest BCUT2D eigenvalue weighted by atomic mass is 10.1. The van der Waals surface area contributed by atoms with Crippen molar-refractivity contribution < 1.29 is 28.7 Å². The fourth-order valence-electron chi connectivity index (χ4n) is 2.19. The Morgan fingerprint density at radius 1 is 1.04 bits per heavy atom. The molecule has 9 nitrogen and oxygen atoms in total. The molecular formula is C18H18N2O7. The molecule has 0 radical (unpaired) electrons. The molecule has 0 bridgehead atoms. The second-order valence-electron chi connectivity index (χ2n) is 5.29. The van der Waals surface area contributed by atoms with Crippen molar-refractivity contribution in [3.05, 3.63) is 52.1 Å².